The summed E-state index contributed by atoms with van der Waals surface area (Å²) >= 11 is 0. The number of nitrogens with zero attached hydrogens (tertiary/aromatic N) is 2. The number of ether oxygens (including phenoxy) is 1. The highest BCUT2D eigenvalue weighted by molar-refractivity contribution is 5.37. The minimum Gasteiger partial charge on any atom is -0.497 e. The molecule has 1 aromatic carbocycles. The molecule has 0 N–H and O–H groups in total. The van der Waals surface area contributed by atoms with Crippen LogP contribution in [0.4, 0.5) is 0 Å². The molecule has 2 rings (SSSR count). The van der Waals surface area contributed by atoms with Gasteiger partial charge in [0, 0.05) is 24.6 Å². The summed E-state index contributed by atoms with van der Waals surface area (Å²) in [5, 5.41) is 0. The molecule has 0 aliphatic heterocycles. The Morgan fingerprint density at radius 2 is 1.71 bits per heavy atom. The molecule has 0 bridgehead atoms. The minimum absolute atomic E-state index is 0.487. The van der Waals surface area contributed by atoms with Gasteiger partial charge in [0.2, 0.25) is 0 Å². The first-order valence-electron chi connectivity index (χ1n) is 6.99. The van der Waals surface area contributed by atoms with Gasteiger partial charge >= 0.3 is 11.1 Å². The second-order valence-corrected chi connectivity index (χ2v) is 5.35. The maximum Gasteiger partial charge on any atom is 0.320 e. The molecule has 1 aromatic heterocycles. The van der Waals surface area contributed by atoms with Crippen LogP contribution in [-0.4, -0.2) is 16.2 Å². The average Bonchev–Trinajstić information content (AvgIpc) is 2.49. The Hall–Kier alpha value is -2.30. The van der Waals surface area contributed by atoms with Crippen LogP contribution in [0.15, 0.2) is 46.2 Å². The first-order valence-corrected chi connectivity index (χ1v) is 6.99. The number of rotatable bonds is 5. The maximum atomic E-state index is 12.2. The van der Waals surface area contributed by atoms with Gasteiger partial charge in [-0.1, -0.05) is 13.8 Å². The molecule has 2 aromatic rings. The number of aryl methyl sites for hydroxylation is 1. The summed E-state index contributed by atoms with van der Waals surface area (Å²) in [4.78, 5) is 24.3. The fourth-order valence-electron chi connectivity index (χ4n) is 2.03. The van der Waals surface area contributed by atoms with Crippen LogP contribution in [0.25, 0.3) is 5.69 Å². The van der Waals surface area contributed by atoms with Crippen molar-refractivity contribution in [2.24, 2.45) is 5.92 Å². The Morgan fingerprint density at radius 3 is 2.29 bits per heavy atom. The first kappa shape index (κ1) is 15.1. The predicted molar refractivity (Wildman–Crippen MR) is 82.3 cm³/mol. The van der Waals surface area contributed by atoms with Gasteiger partial charge in [-0.2, -0.15) is 0 Å². The van der Waals surface area contributed by atoms with Crippen LogP contribution in [-0.2, 0) is 6.54 Å². The van der Waals surface area contributed by atoms with Crippen LogP contribution in [0.3, 0.4) is 0 Å². The van der Waals surface area contributed by atoms with E-state index in [4.69, 9.17) is 4.74 Å². The maximum absolute atomic E-state index is 12.2. The van der Waals surface area contributed by atoms with E-state index in [-0.39, 0.29) is 0 Å². The third-order valence-electron chi connectivity index (χ3n) is 3.36. The van der Waals surface area contributed by atoms with Crippen molar-refractivity contribution in [3.8, 4) is 11.4 Å². The summed E-state index contributed by atoms with van der Waals surface area (Å²) in [7, 11) is 1.58. The smallest absolute Gasteiger partial charge is 0.320 e. The van der Waals surface area contributed by atoms with E-state index in [9.17, 15) is 9.59 Å². The third kappa shape index (κ3) is 3.42. The van der Waals surface area contributed by atoms with Gasteiger partial charge in [0.25, 0.3) is 0 Å². The number of methoxy groups -OCH3 is 1. The lowest BCUT2D eigenvalue weighted by Gasteiger charge is -2.10. The van der Waals surface area contributed by atoms with E-state index in [2.05, 4.69) is 13.8 Å². The van der Waals surface area contributed by atoms with E-state index in [0.29, 0.717) is 23.9 Å². The molecule has 0 unspecified atom stereocenters. The molecule has 0 saturated heterocycles. The third-order valence-corrected chi connectivity index (χ3v) is 3.36. The van der Waals surface area contributed by atoms with Crippen molar-refractivity contribution < 1.29 is 4.74 Å². The van der Waals surface area contributed by atoms with Gasteiger partial charge in [-0.15, -0.1) is 0 Å². The Bertz CT molecular complexity index is 712. The summed E-state index contributed by atoms with van der Waals surface area (Å²) in [5.74, 6) is 1.19. The molecule has 0 atom stereocenters. The molecule has 0 fully saturated rings. The summed E-state index contributed by atoms with van der Waals surface area (Å²) in [6.07, 6.45) is 4.16. The molecule has 0 saturated carbocycles. The molecule has 0 amide bonds. The van der Waals surface area contributed by atoms with Gasteiger partial charge in [0.1, 0.15) is 5.75 Å². The van der Waals surface area contributed by atoms with Crippen molar-refractivity contribution in [2.45, 2.75) is 26.8 Å². The Balaban J connectivity index is 2.35. The normalized spacial score (nSPS) is 10.9. The molecule has 5 heteroatoms. The average molecular weight is 288 g/mol. The van der Waals surface area contributed by atoms with Crippen molar-refractivity contribution in [3.05, 3.63) is 57.4 Å². The van der Waals surface area contributed by atoms with Crippen LogP contribution in [0, 0.1) is 5.92 Å². The quantitative estimate of drug-likeness (QED) is 0.791. The van der Waals surface area contributed by atoms with Crippen LogP contribution in [0.1, 0.15) is 20.3 Å². The standard InChI is InChI=1S/C16H20N2O3/c1-12(2)8-9-17-10-11-18(16(20)15(17)19)13-4-6-14(21-3)7-5-13/h4-7,10-12H,8-9H2,1-3H3. The van der Waals surface area contributed by atoms with Gasteiger partial charge in [0.05, 0.1) is 7.11 Å². The summed E-state index contributed by atoms with van der Waals surface area (Å²) in [6, 6.07) is 7.01. The Labute approximate surface area is 123 Å². The molecule has 0 spiro atoms. The summed E-state index contributed by atoms with van der Waals surface area (Å²) in [5.41, 5.74) is -0.380. The topological polar surface area (TPSA) is 53.2 Å². The van der Waals surface area contributed by atoms with Crippen LogP contribution >= 0.6 is 0 Å². The van der Waals surface area contributed by atoms with Crippen molar-refractivity contribution in [3.63, 3.8) is 0 Å². The molecular weight excluding hydrogens is 268 g/mol. The molecule has 0 radical (unpaired) electrons. The largest absolute Gasteiger partial charge is 0.497 e. The lowest BCUT2D eigenvalue weighted by molar-refractivity contribution is 0.414. The van der Waals surface area contributed by atoms with Gasteiger partial charge in [-0.25, -0.2) is 0 Å². The monoisotopic (exact) mass is 288 g/mol. The highest BCUT2D eigenvalue weighted by atomic mass is 16.5. The lowest BCUT2D eigenvalue weighted by atomic mass is 10.1. The molecule has 1 heterocycles. The fourth-order valence-corrected chi connectivity index (χ4v) is 2.03. The SMILES string of the molecule is COc1ccc(-n2ccn(CCC(C)C)c(=O)c2=O)cc1. The van der Waals surface area contributed by atoms with Gasteiger partial charge < -0.3 is 9.30 Å². The lowest BCUT2D eigenvalue weighted by Crippen LogP contribution is -2.40. The van der Waals surface area contributed by atoms with Crippen LogP contribution in [0.2, 0.25) is 0 Å². The van der Waals surface area contributed by atoms with E-state index < -0.39 is 11.1 Å². The molecule has 5 nitrogen and oxygen atoms in total. The number of hydrogen-bond acceptors (Lipinski definition) is 3. The predicted octanol–water partition coefficient (Wildman–Crippen LogP) is 2.05. The number of benzene rings is 1. The molecular formula is C16H20N2O3. The molecule has 112 valence electrons. The van der Waals surface area contributed by atoms with Gasteiger partial charge in [-0.3, -0.25) is 14.2 Å². The van der Waals surface area contributed by atoms with Crippen LogP contribution in [0.5, 0.6) is 5.75 Å². The highest BCUT2D eigenvalue weighted by Gasteiger charge is 2.07. The number of hydrogen-bond donors (Lipinski definition) is 0. The first-order chi connectivity index (χ1) is 10.0. The Morgan fingerprint density at radius 1 is 1.05 bits per heavy atom. The second-order valence-electron chi connectivity index (χ2n) is 5.35. The number of aromatic nitrogens is 2. The second kappa shape index (κ2) is 6.43. The van der Waals surface area contributed by atoms with E-state index in [1.807, 2.05) is 0 Å². The summed E-state index contributed by atoms with van der Waals surface area (Å²) in [6.45, 7) is 4.74. The molecule has 0 aliphatic rings. The summed E-state index contributed by atoms with van der Waals surface area (Å²) < 4.78 is 7.91. The minimum atomic E-state index is -0.536. The van der Waals surface area contributed by atoms with E-state index in [1.54, 1.807) is 43.8 Å². The zero-order valence-electron chi connectivity index (χ0n) is 12.6. The van der Waals surface area contributed by atoms with Crippen molar-refractivity contribution in [1.29, 1.82) is 0 Å². The zero-order valence-corrected chi connectivity index (χ0v) is 12.6. The van der Waals surface area contributed by atoms with Gasteiger partial charge in [-0.05, 0) is 36.6 Å². The van der Waals surface area contributed by atoms with E-state index in [0.717, 1.165) is 6.42 Å². The fraction of sp³-hybridized carbons (Fsp3) is 0.375. The van der Waals surface area contributed by atoms with Crippen molar-refractivity contribution >= 4 is 0 Å². The van der Waals surface area contributed by atoms with Crippen molar-refractivity contribution in [2.75, 3.05) is 7.11 Å². The van der Waals surface area contributed by atoms with E-state index in [1.165, 1.54) is 9.13 Å². The van der Waals surface area contributed by atoms with Crippen molar-refractivity contribution in [1.82, 2.24) is 9.13 Å². The molecule has 21 heavy (non-hydrogen) atoms. The molecule has 0 aliphatic carbocycles. The van der Waals surface area contributed by atoms with Crippen LogP contribution < -0.4 is 15.9 Å². The zero-order chi connectivity index (χ0) is 15.4. The Kier molecular flexibility index (Phi) is 4.62. The van der Waals surface area contributed by atoms with E-state index >= 15 is 0 Å². The van der Waals surface area contributed by atoms with Gasteiger partial charge in [0.15, 0.2) is 0 Å². The highest BCUT2D eigenvalue weighted by Crippen LogP contribution is 2.13.